The topological polar surface area (TPSA) is 84.9 Å². The summed E-state index contributed by atoms with van der Waals surface area (Å²) in [5, 5.41) is 2.90. The van der Waals surface area contributed by atoms with E-state index < -0.39 is 10.0 Å². The molecule has 0 spiro atoms. The second-order valence-electron chi connectivity index (χ2n) is 9.27. The molecule has 0 atom stereocenters. The normalized spacial score (nSPS) is 14.2. The maximum atomic E-state index is 13.1. The molecule has 1 saturated heterocycles. The van der Waals surface area contributed by atoms with Crippen LogP contribution in [0.1, 0.15) is 42.4 Å². The number of nitrogens with one attached hydrogen (secondary N) is 1. The van der Waals surface area contributed by atoms with Crippen LogP contribution in [0.5, 0.6) is 11.5 Å². The van der Waals surface area contributed by atoms with Crippen LogP contribution in [0.25, 0.3) is 0 Å². The van der Waals surface area contributed by atoms with Gasteiger partial charge >= 0.3 is 0 Å². The first-order valence-corrected chi connectivity index (χ1v) is 14.2. The lowest BCUT2D eigenvalue weighted by atomic mass is 10.1. The van der Waals surface area contributed by atoms with Crippen molar-refractivity contribution < 1.29 is 27.1 Å². The van der Waals surface area contributed by atoms with Crippen molar-refractivity contribution in [3.63, 3.8) is 0 Å². The number of aryl methyl sites for hydroxylation is 1. The summed E-state index contributed by atoms with van der Waals surface area (Å²) >= 11 is 0. The Morgan fingerprint density at radius 2 is 1.63 bits per heavy atom. The zero-order valence-electron chi connectivity index (χ0n) is 21.5. The molecular formula is C29H33FN2O5S. The molecule has 3 aromatic rings. The van der Waals surface area contributed by atoms with Gasteiger partial charge in [-0.2, -0.15) is 4.31 Å². The minimum atomic E-state index is -3.57. The highest BCUT2D eigenvalue weighted by molar-refractivity contribution is 7.89. The van der Waals surface area contributed by atoms with Gasteiger partial charge in [-0.25, -0.2) is 12.8 Å². The minimum Gasteiger partial charge on any atom is -0.496 e. The minimum absolute atomic E-state index is 0.145. The Balaban J connectivity index is 1.28. The average molecular weight is 541 g/mol. The predicted octanol–water partition coefficient (Wildman–Crippen LogP) is 4.84. The molecule has 1 fully saturated rings. The molecule has 7 nitrogen and oxygen atoms in total. The number of hydrogen-bond acceptors (Lipinski definition) is 5. The monoisotopic (exact) mass is 540 g/mol. The fourth-order valence-corrected chi connectivity index (χ4v) is 5.92. The Bertz CT molecular complexity index is 1320. The van der Waals surface area contributed by atoms with E-state index >= 15 is 0 Å². The fourth-order valence-electron chi connectivity index (χ4n) is 4.35. The van der Waals surface area contributed by atoms with Crippen molar-refractivity contribution in [3.8, 4) is 11.5 Å². The van der Waals surface area contributed by atoms with Gasteiger partial charge < -0.3 is 14.8 Å². The van der Waals surface area contributed by atoms with Gasteiger partial charge in [0.25, 0.3) is 0 Å². The Morgan fingerprint density at radius 1 is 0.947 bits per heavy atom. The zero-order valence-corrected chi connectivity index (χ0v) is 22.3. The summed E-state index contributed by atoms with van der Waals surface area (Å²) in [5.41, 5.74) is 2.47. The van der Waals surface area contributed by atoms with Gasteiger partial charge in [-0.15, -0.1) is 0 Å². The fraction of sp³-hybridized carbons (Fsp3) is 0.345. The van der Waals surface area contributed by atoms with Gasteiger partial charge in [-0.3, -0.25) is 4.79 Å². The van der Waals surface area contributed by atoms with Gasteiger partial charge in [0, 0.05) is 26.1 Å². The number of ether oxygens (including phenoxy) is 2. The maximum absolute atomic E-state index is 13.1. The van der Waals surface area contributed by atoms with Crippen molar-refractivity contribution in [3.05, 3.63) is 89.2 Å². The van der Waals surface area contributed by atoms with Gasteiger partial charge in [0.1, 0.15) is 23.9 Å². The van der Waals surface area contributed by atoms with E-state index in [9.17, 15) is 17.6 Å². The standard InChI is InChI=1S/C29H33FN2O5S/c1-36-28-15-14-27(38(34,35)32-17-3-2-4-18-32)19-24(28)9-16-29(33)31-20-22-7-12-26(13-8-22)37-21-23-5-10-25(30)11-6-23/h5-8,10-15,19H,2-4,9,16-18,20-21H2,1H3,(H,31,33). The number of carbonyl (C=O) groups excluding carboxylic acids is 1. The highest BCUT2D eigenvalue weighted by Crippen LogP contribution is 2.27. The summed E-state index contributed by atoms with van der Waals surface area (Å²) < 4.78 is 51.8. The van der Waals surface area contributed by atoms with Gasteiger partial charge in [-0.1, -0.05) is 30.7 Å². The molecule has 4 rings (SSSR count). The van der Waals surface area contributed by atoms with E-state index in [0.29, 0.717) is 49.7 Å². The largest absolute Gasteiger partial charge is 0.496 e. The number of amides is 1. The van der Waals surface area contributed by atoms with Gasteiger partial charge in [0.2, 0.25) is 15.9 Å². The van der Waals surface area contributed by atoms with E-state index in [2.05, 4.69) is 5.32 Å². The van der Waals surface area contributed by atoms with E-state index in [1.165, 1.54) is 23.5 Å². The average Bonchev–Trinajstić information content (AvgIpc) is 2.95. The highest BCUT2D eigenvalue weighted by atomic mass is 32.2. The Hall–Kier alpha value is -3.43. The van der Waals surface area contributed by atoms with Crippen LogP contribution in [0.15, 0.2) is 71.6 Å². The third kappa shape index (κ3) is 7.33. The first kappa shape index (κ1) is 27.6. The van der Waals surface area contributed by atoms with Gasteiger partial charge in [-0.05, 0) is 78.4 Å². The van der Waals surface area contributed by atoms with Crippen molar-refractivity contribution in [2.24, 2.45) is 0 Å². The first-order valence-electron chi connectivity index (χ1n) is 12.7. The predicted molar refractivity (Wildman–Crippen MR) is 143 cm³/mol. The van der Waals surface area contributed by atoms with Crippen LogP contribution in [0.4, 0.5) is 4.39 Å². The molecule has 1 N–H and O–H groups in total. The van der Waals surface area contributed by atoms with Gasteiger partial charge in [0.05, 0.1) is 12.0 Å². The van der Waals surface area contributed by atoms with Crippen molar-refractivity contribution >= 4 is 15.9 Å². The molecule has 38 heavy (non-hydrogen) atoms. The third-order valence-electron chi connectivity index (χ3n) is 6.56. The summed E-state index contributed by atoms with van der Waals surface area (Å²) in [4.78, 5) is 12.8. The molecule has 0 aliphatic carbocycles. The van der Waals surface area contributed by atoms with E-state index in [4.69, 9.17) is 9.47 Å². The Morgan fingerprint density at radius 3 is 2.32 bits per heavy atom. The number of sulfonamides is 1. The molecule has 0 saturated carbocycles. The number of halogens is 1. The van der Waals surface area contributed by atoms with Crippen LogP contribution in [-0.2, 0) is 34.4 Å². The molecule has 3 aromatic carbocycles. The third-order valence-corrected chi connectivity index (χ3v) is 8.45. The molecule has 1 aliphatic heterocycles. The van der Waals surface area contributed by atoms with E-state index in [1.54, 1.807) is 30.3 Å². The van der Waals surface area contributed by atoms with Crippen LogP contribution in [0.3, 0.4) is 0 Å². The van der Waals surface area contributed by atoms with E-state index in [-0.39, 0.29) is 23.0 Å². The summed E-state index contributed by atoms with van der Waals surface area (Å²) in [7, 11) is -2.04. The molecule has 0 bridgehead atoms. The molecule has 1 heterocycles. The Kier molecular flexibility index (Phi) is 9.36. The maximum Gasteiger partial charge on any atom is 0.243 e. The van der Waals surface area contributed by atoms with Crippen molar-refractivity contribution in [1.82, 2.24) is 9.62 Å². The molecule has 0 aromatic heterocycles. The number of piperidine rings is 1. The second-order valence-corrected chi connectivity index (χ2v) is 11.2. The number of methoxy groups -OCH3 is 1. The zero-order chi connectivity index (χ0) is 27.0. The SMILES string of the molecule is COc1ccc(S(=O)(=O)N2CCCCC2)cc1CCC(=O)NCc1ccc(OCc2ccc(F)cc2)cc1. The number of carbonyl (C=O) groups is 1. The van der Waals surface area contributed by atoms with Crippen LogP contribution >= 0.6 is 0 Å². The van der Waals surface area contributed by atoms with Crippen LogP contribution in [-0.4, -0.2) is 38.8 Å². The van der Waals surface area contributed by atoms with Crippen LogP contribution in [0, 0.1) is 5.82 Å². The summed E-state index contributed by atoms with van der Waals surface area (Å²) in [6.07, 6.45) is 3.34. The molecule has 1 amide bonds. The molecule has 0 radical (unpaired) electrons. The van der Waals surface area contributed by atoms with Crippen LogP contribution in [0.2, 0.25) is 0 Å². The molecule has 202 valence electrons. The first-order chi connectivity index (χ1) is 18.3. The highest BCUT2D eigenvalue weighted by Gasteiger charge is 2.26. The molecular weight excluding hydrogens is 507 g/mol. The lowest BCUT2D eigenvalue weighted by Gasteiger charge is -2.26. The number of hydrogen-bond donors (Lipinski definition) is 1. The van der Waals surface area contributed by atoms with E-state index in [1.807, 2.05) is 24.3 Å². The second kappa shape index (κ2) is 12.9. The summed E-state index contributed by atoms with van der Waals surface area (Å²) in [6.45, 7) is 1.76. The van der Waals surface area contributed by atoms with Crippen LogP contribution < -0.4 is 14.8 Å². The summed E-state index contributed by atoms with van der Waals surface area (Å²) in [5.74, 6) is 0.809. The molecule has 0 unspecified atom stereocenters. The van der Waals surface area contributed by atoms with Crippen molar-refractivity contribution in [2.75, 3.05) is 20.2 Å². The number of nitrogens with zero attached hydrogens (tertiary/aromatic N) is 1. The summed E-state index contributed by atoms with van der Waals surface area (Å²) in [6, 6.07) is 18.4. The quantitative estimate of drug-likeness (QED) is 0.376. The molecule has 1 aliphatic rings. The van der Waals surface area contributed by atoms with E-state index in [0.717, 1.165) is 30.4 Å². The lowest BCUT2D eigenvalue weighted by molar-refractivity contribution is -0.121. The lowest BCUT2D eigenvalue weighted by Crippen LogP contribution is -2.35. The van der Waals surface area contributed by atoms with Crippen molar-refractivity contribution in [2.45, 2.75) is 50.2 Å². The number of rotatable bonds is 11. The molecule has 9 heteroatoms. The van der Waals surface area contributed by atoms with Gasteiger partial charge in [0.15, 0.2) is 0 Å². The smallest absolute Gasteiger partial charge is 0.243 e. The number of benzene rings is 3. The Labute approximate surface area is 223 Å². The van der Waals surface area contributed by atoms with Crippen molar-refractivity contribution in [1.29, 1.82) is 0 Å².